The van der Waals surface area contributed by atoms with Crippen LogP contribution in [0, 0.1) is 0 Å². The van der Waals surface area contributed by atoms with Crippen LogP contribution in [0.4, 0.5) is 0 Å². The van der Waals surface area contributed by atoms with E-state index in [0.29, 0.717) is 25.9 Å². The van der Waals surface area contributed by atoms with Gasteiger partial charge >= 0.3 is 5.97 Å². The highest BCUT2D eigenvalue weighted by Gasteiger charge is 2.20. The molecular formula is C59H115NO5. The lowest BCUT2D eigenvalue weighted by Crippen LogP contribution is -2.45. The lowest BCUT2D eigenvalue weighted by molar-refractivity contribution is -0.143. The minimum atomic E-state index is -0.662. The van der Waals surface area contributed by atoms with Crippen molar-refractivity contribution in [2.75, 3.05) is 13.2 Å². The Morgan fingerprint density at radius 2 is 0.738 bits per heavy atom. The molecule has 0 aliphatic rings. The number of allylic oxidation sites excluding steroid dienone is 2. The summed E-state index contributed by atoms with van der Waals surface area (Å²) < 4.78 is 5.46. The van der Waals surface area contributed by atoms with Gasteiger partial charge in [0.15, 0.2) is 0 Å². The molecule has 0 aromatic heterocycles. The highest BCUT2D eigenvalue weighted by Crippen LogP contribution is 2.18. The molecule has 2 unspecified atom stereocenters. The number of aliphatic hydroxyl groups is 2. The van der Waals surface area contributed by atoms with Crippen LogP contribution in [0.5, 0.6) is 0 Å². The molecular weight excluding hydrogens is 803 g/mol. The predicted octanol–water partition coefficient (Wildman–Crippen LogP) is 18.1. The summed E-state index contributed by atoms with van der Waals surface area (Å²) in [5.41, 5.74) is 0. The molecule has 0 radical (unpaired) electrons. The van der Waals surface area contributed by atoms with E-state index in [1.165, 1.54) is 250 Å². The second-order valence-corrected chi connectivity index (χ2v) is 20.3. The van der Waals surface area contributed by atoms with E-state index < -0.39 is 12.1 Å². The van der Waals surface area contributed by atoms with Gasteiger partial charge < -0.3 is 20.3 Å². The summed E-state index contributed by atoms with van der Waals surface area (Å²) >= 11 is 0. The number of hydrogen-bond acceptors (Lipinski definition) is 5. The van der Waals surface area contributed by atoms with Gasteiger partial charge in [-0.2, -0.15) is 0 Å². The molecule has 65 heavy (non-hydrogen) atoms. The summed E-state index contributed by atoms with van der Waals surface area (Å²) in [4.78, 5) is 24.4. The first-order valence-corrected chi connectivity index (χ1v) is 29.4. The topological polar surface area (TPSA) is 95.9 Å². The van der Waals surface area contributed by atoms with Crippen molar-refractivity contribution in [3.8, 4) is 0 Å². The molecule has 0 rings (SSSR count). The normalized spacial score (nSPS) is 12.6. The molecule has 386 valence electrons. The van der Waals surface area contributed by atoms with Gasteiger partial charge in [0.2, 0.25) is 5.91 Å². The molecule has 2 atom stereocenters. The first-order chi connectivity index (χ1) is 32.0. The van der Waals surface area contributed by atoms with Crippen LogP contribution in [-0.4, -0.2) is 47.4 Å². The van der Waals surface area contributed by atoms with Crippen molar-refractivity contribution in [1.82, 2.24) is 5.32 Å². The minimum absolute atomic E-state index is 0.00467. The maximum absolute atomic E-state index is 12.5. The molecule has 0 bridgehead atoms. The van der Waals surface area contributed by atoms with Gasteiger partial charge in [-0.15, -0.1) is 0 Å². The Hall–Kier alpha value is -1.40. The zero-order valence-corrected chi connectivity index (χ0v) is 44.0. The lowest BCUT2D eigenvalue weighted by Gasteiger charge is -2.22. The Bertz CT molecular complexity index is 970. The fourth-order valence-electron chi connectivity index (χ4n) is 9.27. The Morgan fingerprint density at radius 3 is 1.14 bits per heavy atom. The van der Waals surface area contributed by atoms with Gasteiger partial charge in [-0.1, -0.05) is 283 Å². The zero-order chi connectivity index (χ0) is 47.2. The van der Waals surface area contributed by atoms with Gasteiger partial charge in [-0.05, 0) is 44.9 Å². The molecule has 0 spiro atoms. The Labute approximate surface area is 406 Å². The first kappa shape index (κ1) is 63.6. The standard InChI is InChI=1S/C59H115NO5/c1-3-5-7-9-11-13-15-28-32-35-39-43-47-51-57(62)56(55-61)60-58(63)52-48-44-40-36-33-29-26-24-22-20-18-16-17-19-21-23-25-27-30-34-38-42-46-50-54-65-59(64)53-49-45-41-37-31-14-12-10-8-6-4-2/h10,12,56-57,61-62H,3-9,11,13-55H2,1-2H3,(H,60,63)/b12-10-. The average Bonchev–Trinajstić information content (AvgIpc) is 3.31. The fraction of sp³-hybridized carbons (Fsp3) is 0.932. The second-order valence-electron chi connectivity index (χ2n) is 20.3. The van der Waals surface area contributed by atoms with Gasteiger partial charge in [-0.3, -0.25) is 9.59 Å². The molecule has 0 aliphatic carbocycles. The quantitative estimate of drug-likeness (QED) is 0.0321. The molecule has 0 aromatic rings. The molecule has 0 aliphatic heterocycles. The van der Waals surface area contributed by atoms with Crippen molar-refractivity contribution < 1.29 is 24.5 Å². The highest BCUT2D eigenvalue weighted by molar-refractivity contribution is 5.76. The third kappa shape index (κ3) is 51.8. The monoisotopic (exact) mass is 918 g/mol. The number of unbranched alkanes of at least 4 members (excludes halogenated alkanes) is 42. The molecule has 3 N–H and O–H groups in total. The van der Waals surface area contributed by atoms with Crippen molar-refractivity contribution in [3.63, 3.8) is 0 Å². The Kier molecular flexibility index (Phi) is 54.0. The number of aliphatic hydroxyl groups excluding tert-OH is 2. The van der Waals surface area contributed by atoms with Crippen LogP contribution in [0.3, 0.4) is 0 Å². The molecule has 6 heteroatoms. The van der Waals surface area contributed by atoms with Crippen molar-refractivity contribution in [3.05, 3.63) is 12.2 Å². The van der Waals surface area contributed by atoms with Crippen molar-refractivity contribution in [2.45, 2.75) is 341 Å². The van der Waals surface area contributed by atoms with Crippen LogP contribution in [0.15, 0.2) is 12.2 Å². The Morgan fingerprint density at radius 1 is 0.415 bits per heavy atom. The second kappa shape index (κ2) is 55.2. The third-order valence-corrected chi connectivity index (χ3v) is 13.8. The van der Waals surface area contributed by atoms with Gasteiger partial charge in [0.05, 0.1) is 25.4 Å². The number of ether oxygens (including phenoxy) is 1. The van der Waals surface area contributed by atoms with E-state index in [1.807, 2.05) is 0 Å². The summed E-state index contributed by atoms with van der Waals surface area (Å²) in [6, 6.07) is -0.539. The maximum Gasteiger partial charge on any atom is 0.305 e. The summed E-state index contributed by atoms with van der Waals surface area (Å²) in [6.45, 7) is 4.93. The zero-order valence-electron chi connectivity index (χ0n) is 44.0. The number of hydrogen-bond donors (Lipinski definition) is 3. The van der Waals surface area contributed by atoms with Gasteiger partial charge in [0.25, 0.3) is 0 Å². The summed E-state index contributed by atoms with van der Waals surface area (Å²) in [5, 5.41) is 23.2. The number of esters is 1. The van der Waals surface area contributed by atoms with Crippen molar-refractivity contribution in [2.24, 2.45) is 0 Å². The third-order valence-electron chi connectivity index (χ3n) is 13.8. The smallest absolute Gasteiger partial charge is 0.305 e. The fourth-order valence-corrected chi connectivity index (χ4v) is 9.27. The first-order valence-electron chi connectivity index (χ1n) is 29.4. The molecule has 0 heterocycles. The van der Waals surface area contributed by atoms with E-state index in [2.05, 4.69) is 31.3 Å². The summed E-state index contributed by atoms with van der Waals surface area (Å²) in [7, 11) is 0. The number of carbonyl (C=O) groups excluding carboxylic acids is 2. The minimum Gasteiger partial charge on any atom is -0.466 e. The maximum atomic E-state index is 12.5. The number of nitrogens with one attached hydrogen (secondary N) is 1. The van der Waals surface area contributed by atoms with Crippen LogP contribution in [0.2, 0.25) is 0 Å². The van der Waals surface area contributed by atoms with Crippen LogP contribution >= 0.6 is 0 Å². The van der Waals surface area contributed by atoms with Crippen molar-refractivity contribution >= 4 is 11.9 Å². The van der Waals surface area contributed by atoms with Gasteiger partial charge in [-0.25, -0.2) is 0 Å². The van der Waals surface area contributed by atoms with E-state index in [1.54, 1.807) is 0 Å². The van der Waals surface area contributed by atoms with Crippen LogP contribution in [0.1, 0.15) is 328 Å². The molecule has 0 saturated carbocycles. The van der Waals surface area contributed by atoms with Crippen LogP contribution < -0.4 is 5.32 Å². The van der Waals surface area contributed by atoms with E-state index in [0.717, 1.165) is 44.9 Å². The number of amides is 1. The SMILES string of the molecule is CCCC/C=C\CCCCCCCC(=O)OCCCCCCCCCCCCCCCCCCCCCCCCCCC(=O)NC(CO)C(O)CCCCCCCCCCCCCCC. The molecule has 0 saturated heterocycles. The van der Waals surface area contributed by atoms with Gasteiger partial charge in [0.1, 0.15) is 0 Å². The van der Waals surface area contributed by atoms with E-state index in [9.17, 15) is 19.8 Å². The van der Waals surface area contributed by atoms with E-state index >= 15 is 0 Å². The highest BCUT2D eigenvalue weighted by atomic mass is 16.5. The predicted molar refractivity (Wildman–Crippen MR) is 283 cm³/mol. The van der Waals surface area contributed by atoms with Crippen LogP contribution in [0.25, 0.3) is 0 Å². The summed E-state index contributed by atoms with van der Waals surface area (Å²) in [6.07, 6.45) is 65.0. The van der Waals surface area contributed by atoms with E-state index in [4.69, 9.17) is 4.74 Å². The van der Waals surface area contributed by atoms with Gasteiger partial charge in [0, 0.05) is 12.8 Å². The summed E-state index contributed by atoms with van der Waals surface area (Å²) in [5.74, 6) is -0.0279. The number of rotatable bonds is 55. The molecule has 6 nitrogen and oxygen atoms in total. The average molecular weight is 919 g/mol. The lowest BCUT2D eigenvalue weighted by atomic mass is 10.0. The number of carbonyl (C=O) groups is 2. The molecule has 0 aromatic carbocycles. The largest absolute Gasteiger partial charge is 0.466 e. The van der Waals surface area contributed by atoms with Crippen molar-refractivity contribution in [1.29, 1.82) is 0 Å². The Balaban J connectivity index is 3.35. The van der Waals surface area contributed by atoms with E-state index in [-0.39, 0.29) is 18.5 Å². The molecule has 0 fully saturated rings. The molecule has 1 amide bonds. The van der Waals surface area contributed by atoms with Crippen LogP contribution in [-0.2, 0) is 14.3 Å².